The van der Waals surface area contributed by atoms with Gasteiger partial charge in [-0.2, -0.15) is 0 Å². The summed E-state index contributed by atoms with van der Waals surface area (Å²) in [6.45, 7) is 3.13. The molecular weight excluding hydrogens is 448 g/mol. The van der Waals surface area contributed by atoms with E-state index in [-0.39, 0.29) is 30.9 Å². The molecule has 0 unspecified atom stereocenters. The zero-order valence-electron chi connectivity index (χ0n) is 19.7. The molecule has 0 bridgehead atoms. The van der Waals surface area contributed by atoms with Crippen LogP contribution >= 0.6 is 0 Å². The molecule has 2 aliphatic heterocycles. The molecule has 3 atom stereocenters. The van der Waals surface area contributed by atoms with Crippen LogP contribution in [0.15, 0.2) is 48.5 Å². The fraction of sp³-hybridized carbons (Fsp3) is 0.444. The maximum atomic E-state index is 13.2. The summed E-state index contributed by atoms with van der Waals surface area (Å²) < 4.78 is 11.1. The number of rotatable bonds is 6. The predicted molar refractivity (Wildman–Crippen MR) is 128 cm³/mol. The van der Waals surface area contributed by atoms with Gasteiger partial charge < -0.3 is 24.8 Å². The maximum Gasteiger partial charge on any atom is 0.407 e. The molecule has 2 aromatic carbocycles. The Kier molecular flexibility index (Phi) is 6.23. The normalized spacial score (nSPS) is 23.7. The molecular formula is C27H30N2O6. The number of nitrogens with zero attached hydrogens (tertiary/aromatic N) is 1. The van der Waals surface area contributed by atoms with E-state index in [1.54, 1.807) is 4.90 Å². The number of carboxylic acid groups (broad SMARTS) is 1. The molecule has 5 rings (SSSR count). The molecule has 2 fully saturated rings. The molecule has 2 heterocycles. The highest BCUT2D eigenvalue weighted by molar-refractivity contribution is 5.87. The molecule has 8 heteroatoms. The average molecular weight is 479 g/mol. The summed E-state index contributed by atoms with van der Waals surface area (Å²) in [6, 6.07) is 15.4. The van der Waals surface area contributed by atoms with Crippen LogP contribution in [0, 0.1) is 11.3 Å². The van der Waals surface area contributed by atoms with E-state index in [1.165, 1.54) is 0 Å². The number of benzene rings is 2. The molecule has 35 heavy (non-hydrogen) atoms. The van der Waals surface area contributed by atoms with Gasteiger partial charge in [0.15, 0.2) is 0 Å². The van der Waals surface area contributed by atoms with Crippen LogP contribution in [0.3, 0.4) is 0 Å². The van der Waals surface area contributed by atoms with Crippen LogP contribution < -0.4 is 5.32 Å². The zero-order chi connectivity index (χ0) is 24.6. The Labute approximate surface area is 204 Å². The van der Waals surface area contributed by atoms with Gasteiger partial charge in [-0.1, -0.05) is 55.5 Å². The molecule has 2 aromatic rings. The standard InChI is InChI=1S/C27H30N2O6/c1-2-23(24(30)29-13-17-14-34-12-11-27(17,16-29)25(31)32)28-26(33)35-15-22-20-9-5-3-7-18(20)19-8-4-6-10-21(19)22/h3-10,17,22-23H,2,11-16H2,1H3,(H,28,33)(H,31,32)/t17-,23+,27+/m1/s1. The first-order valence-electron chi connectivity index (χ1n) is 12.2. The summed E-state index contributed by atoms with van der Waals surface area (Å²) in [7, 11) is 0. The Morgan fingerprint density at radius 2 is 1.80 bits per heavy atom. The lowest BCUT2D eigenvalue weighted by molar-refractivity contribution is -0.157. The SMILES string of the molecule is CC[C@H](NC(=O)OCC1c2ccccc2-c2ccccc21)C(=O)N1C[C@@H]2COCC[C@]2(C(=O)O)C1. The van der Waals surface area contributed by atoms with Gasteiger partial charge in [0.25, 0.3) is 0 Å². The maximum absolute atomic E-state index is 13.2. The summed E-state index contributed by atoms with van der Waals surface area (Å²) in [6.07, 6.45) is 0.105. The molecule has 2 amide bonds. The molecule has 2 N–H and O–H groups in total. The predicted octanol–water partition coefficient (Wildman–Crippen LogP) is 3.25. The molecule has 2 saturated heterocycles. The number of alkyl carbamates (subject to hydrolysis) is 1. The number of amides is 2. The Balaban J connectivity index is 1.23. The minimum atomic E-state index is -0.976. The average Bonchev–Trinajstić information content (AvgIpc) is 3.43. The number of fused-ring (bicyclic) bond motifs is 4. The lowest BCUT2D eigenvalue weighted by Gasteiger charge is -2.33. The topological polar surface area (TPSA) is 105 Å². The van der Waals surface area contributed by atoms with Crippen LogP contribution in [0.1, 0.15) is 36.8 Å². The lowest BCUT2D eigenvalue weighted by atomic mass is 9.74. The number of carbonyl (C=O) groups excluding carboxylic acids is 2. The van der Waals surface area contributed by atoms with E-state index >= 15 is 0 Å². The van der Waals surface area contributed by atoms with Crippen molar-refractivity contribution < 1.29 is 29.0 Å². The summed E-state index contributed by atoms with van der Waals surface area (Å²) >= 11 is 0. The van der Waals surface area contributed by atoms with Crippen LogP contribution in [0.5, 0.6) is 0 Å². The monoisotopic (exact) mass is 478 g/mol. The van der Waals surface area contributed by atoms with E-state index in [0.29, 0.717) is 32.6 Å². The van der Waals surface area contributed by atoms with E-state index < -0.39 is 23.5 Å². The smallest absolute Gasteiger partial charge is 0.407 e. The van der Waals surface area contributed by atoms with Crippen molar-refractivity contribution in [2.45, 2.75) is 31.7 Å². The second kappa shape index (κ2) is 9.34. The number of likely N-dealkylation sites (tertiary alicyclic amines) is 1. The molecule has 8 nitrogen and oxygen atoms in total. The third-order valence-corrected chi connectivity index (χ3v) is 7.79. The Bertz CT molecular complexity index is 1100. The number of nitrogens with one attached hydrogen (secondary N) is 1. The Morgan fingerprint density at radius 1 is 1.14 bits per heavy atom. The second-order valence-corrected chi connectivity index (χ2v) is 9.63. The van der Waals surface area contributed by atoms with Crippen LogP contribution in [0.2, 0.25) is 0 Å². The van der Waals surface area contributed by atoms with E-state index in [4.69, 9.17) is 9.47 Å². The number of carbonyl (C=O) groups is 3. The molecule has 1 aliphatic carbocycles. The minimum Gasteiger partial charge on any atom is -0.481 e. The highest BCUT2D eigenvalue weighted by Gasteiger charge is 2.55. The highest BCUT2D eigenvalue weighted by atomic mass is 16.5. The largest absolute Gasteiger partial charge is 0.481 e. The molecule has 0 saturated carbocycles. The van der Waals surface area contributed by atoms with E-state index in [9.17, 15) is 19.5 Å². The Hall–Kier alpha value is -3.39. The van der Waals surface area contributed by atoms with Gasteiger partial charge in [0.05, 0.1) is 12.0 Å². The first-order chi connectivity index (χ1) is 16.9. The van der Waals surface area contributed by atoms with Crippen LogP contribution in [-0.4, -0.2) is 66.9 Å². The van der Waals surface area contributed by atoms with Crippen molar-refractivity contribution >= 4 is 18.0 Å². The number of hydrogen-bond donors (Lipinski definition) is 2. The third kappa shape index (κ3) is 4.05. The van der Waals surface area contributed by atoms with Crippen molar-refractivity contribution in [2.75, 3.05) is 32.9 Å². The number of aliphatic carboxylic acids is 1. The van der Waals surface area contributed by atoms with E-state index in [0.717, 1.165) is 22.3 Å². The third-order valence-electron chi connectivity index (χ3n) is 7.79. The second-order valence-electron chi connectivity index (χ2n) is 9.63. The number of carboxylic acids is 1. The van der Waals surface area contributed by atoms with Crippen molar-refractivity contribution in [2.24, 2.45) is 11.3 Å². The fourth-order valence-electron chi connectivity index (χ4n) is 5.81. The first kappa shape index (κ1) is 23.4. The fourth-order valence-corrected chi connectivity index (χ4v) is 5.81. The van der Waals surface area contributed by atoms with Gasteiger partial charge in [-0.3, -0.25) is 9.59 Å². The Morgan fingerprint density at radius 3 is 2.40 bits per heavy atom. The molecule has 0 radical (unpaired) electrons. The highest BCUT2D eigenvalue weighted by Crippen LogP contribution is 2.45. The van der Waals surface area contributed by atoms with Crippen molar-refractivity contribution in [1.29, 1.82) is 0 Å². The lowest BCUT2D eigenvalue weighted by Crippen LogP contribution is -2.49. The van der Waals surface area contributed by atoms with Crippen molar-refractivity contribution in [1.82, 2.24) is 10.2 Å². The van der Waals surface area contributed by atoms with Crippen LogP contribution in [0.25, 0.3) is 11.1 Å². The molecule has 184 valence electrons. The van der Waals surface area contributed by atoms with Gasteiger partial charge in [-0.15, -0.1) is 0 Å². The van der Waals surface area contributed by atoms with E-state index in [2.05, 4.69) is 29.6 Å². The number of hydrogen-bond acceptors (Lipinski definition) is 5. The van der Waals surface area contributed by atoms with Crippen LogP contribution in [0.4, 0.5) is 4.79 Å². The summed E-state index contributed by atoms with van der Waals surface area (Å²) in [4.78, 5) is 39.6. The minimum absolute atomic E-state index is 0.0685. The van der Waals surface area contributed by atoms with Crippen molar-refractivity contribution in [3.8, 4) is 11.1 Å². The van der Waals surface area contributed by atoms with E-state index in [1.807, 2.05) is 31.2 Å². The molecule has 0 aromatic heterocycles. The van der Waals surface area contributed by atoms with Gasteiger partial charge >= 0.3 is 12.1 Å². The van der Waals surface area contributed by atoms with Gasteiger partial charge in [0.1, 0.15) is 12.6 Å². The van der Waals surface area contributed by atoms with Gasteiger partial charge in [0, 0.05) is 31.5 Å². The zero-order valence-corrected chi connectivity index (χ0v) is 19.7. The van der Waals surface area contributed by atoms with Gasteiger partial charge in [-0.25, -0.2) is 4.79 Å². The van der Waals surface area contributed by atoms with Gasteiger partial charge in [0.2, 0.25) is 5.91 Å². The first-order valence-corrected chi connectivity index (χ1v) is 12.2. The summed E-state index contributed by atoms with van der Waals surface area (Å²) in [5, 5.41) is 12.6. The van der Waals surface area contributed by atoms with Crippen LogP contribution in [-0.2, 0) is 19.1 Å². The molecule has 0 spiro atoms. The summed E-state index contributed by atoms with van der Waals surface area (Å²) in [5.41, 5.74) is 3.54. The number of ether oxygens (including phenoxy) is 2. The van der Waals surface area contributed by atoms with Crippen molar-refractivity contribution in [3.05, 3.63) is 59.7 Å². The van der Waals surface area contributed by atoms with Crippen molar-refractivity contribution in [3.63, 3.8) is 0 Å². The summed E-state index contributed by atoms with van der Waals surface area (Å²) in [5.74, 6) is -1.49. The quantitative estimate of drug-likeness (QED) is 0.660. The molecule has 3 aliphatic rings. The van der Waals surface area contributed by atoms with Gasteiger partial charge in [-0.05, 0) is 35.1 Å².